The molecule has 0 radical (unpaired) electrons. The number of nitrogens with zero attached hydrogens (tertiary/aromatic N) is 25. The molecule has 1 aromatic carbocycles. The molecular weight excluding hydrogens is 1640 g/mol. The molecule has 0 saturated heterocycles. The zero-order chi connectivity index (χ0) is 100. The second-order valence-corrected chi connectivity index (χ2v) is 27.5. The van der Waals surface area contributed by atoms with Crippen LogP contribution in [0.2, 0.25) is 0 Å². The Labute approximate surface area is 799 Å². The third kappa shape index (κ3) is 27.7. The smallest absolute Gasteiger partial charge is 0.158 e. The Morgan fingerprint density at radius 3 is 0.795 bits per heavy atom. The Bertz CT molecular complexity index is 4310. The molecule has 0 saturated carbocycles. The molecule has 0 amide bonds. The molecule has 132 heavy (non-hydrogen) atoms. The minimum Gasteiger partial charge on any atom is -0.352 e. The van der Waals surface area contributed by atoms with E-state index in [1.54, 1.807) is 18.7 Å². The zero-order valence-corrected chi connectivity index (χ0v) is 88.9. The van der Waals surface area contributed by atoms with Crippen molar-refractivity contribution in [2.45, 2.75) is 286 Å². The topological polar surface area (TPSA) is 206 Å². The largest absolute Gasteiger partial charge is 0.352 e. The van der Waals surface area contributed by atoms with E-state index in [9.17, 15) is 0 Å². The molecule has 6 aliphatic rings. The van der Waals surface area contributed by atoms with Crippen LogP contribution in [0.1, 0.15) is 241 Å². The van der Waals surface area contributed by atoms with Gasteiger partial charge >= 0.3 is 0 Å². The number of rotatable bonds is 6. The van der Waals surface area contributed by atoms with E-state index < -0.39 is 0 Å². The zero-order valence-electron chi connectivity index (χ0n) is 88.9. The van der Waals surface area contributed by atoms with E-state index in [1.807, 2.05) is 328 Å². The van der Waals surface area contributed by atoms with Gasteiger partial charge in [-0.15, -0.1) is 0 Å². The summed E-state index contributed by atoms with van der Waals surface area (Å²) in [4.78, 5) is 83.3. The average molecular weight is 1800 g/mol. The summed E-state index contributed by atoms with van der Waals surface area (Å²) in [5.74, 6) is 5.90. The molecule has 17 heterocycles. The number of pyridine rings is 9. The van der Waals surface area contributed by atoms with Crippen LogP contribution in [0.3, 0.4) is 0 Å². The Balaban J connectivity index is 0.000000756. The molecule has 0 fully saturated rings. The van der Waals surface area contributed by atoms with Crippen LogP contribution in [-0.4, -0.2) is 144 Å². The Morgan fingerprint density at radius 1 is 0.182 bits per heavy atom. The van der Waals surface area contributed by atoms with Gasteiger partial charge in [0.15, 0.2) is 29.1 Å². The van der Waals surface area contributed by atoms with Crippen molar-refractivity contribution in [3.63, 3.8) is 0 Å². The van der Waals surface area contributed by atoms with E-state index >= 15 is 0 Å². The summed E-state index contributed by atoms with van der Waals surface area (Å²) in [6.07, 6.45) is 32.4. The van der Waals surface area contributed by atoms with Gasteiger partial charge < -0.3 is 58.8 Å². The lowest BCUT2D eigenvalue weighted by Gasteiger charge is -2.28. The lowest BCUT2D eigenvalue weighted by molar-refractivity contribution is 0.722. The summed E-state index contributed by atoms with van der Waals surface area (Å²) in [5, 5.41) is 0. The van der Waals surface area contributed by atoms with Crippen LogP contribution in [-0.2, 0) is 0 Å². The van der Waals surface area contributed by atoms with Gasteiger partial charge in [0.05, 0.1) is 92.5 Å². The van der Waals surface area contributed by atoms with E-state index in [1.165, 1.54) is 45.3 Å². The van der Waals surface area contributed by atoms with Gasteiger partial charge in [-0.3, -0.25) is 29.9 Å². The van der Waals surface area contributed by atoms with Gasteiger partial charge in [0.25, 0.3) is 0 Å². The van der Waals surface area contributed by atoms with Crippen molar-refractivity contribution >= 4 is 103 Å². The molecule has 0 N–H and O–H groups in total. The predicted octanol–water partition coefficient (Wildman–Crippen LogP) is 28.0. The van der Waals surface area contributed by atoms with Gasteiger partial charge in [-0.1, -0.05) is 184 Å². The standard InChI is InChI=1S/C15H17N3.3C14H16N4.2C13H15N5.12C2H6/c1-11-7-4-5-8-13(11)18-12(2)17(3)14-9-6-10-16-15(14)18;1-10-12(6-4-8-15-10)18-11(2)17(3)13-7-5-9-16-14(13)18;1-10-9-15-8-6-12(10)18-11(2)17(3)13-5-4-7-16-14(13)18;1-10-6-8-15-9-13(10)18-11(2)17(3)12-5-4-7-16-14(12)18;1-9-6-15-8-16-13(9)18-10(2)17(3)11-4-5-14-7-12(11)18;1-9-13(16-7-6-15-9)18-10(2)17(3)11-4-5-14-8-12(11)18;12*1-2/h4-10,12H,1-3H3;3*4-9,11H,1-3H3;2*4-8,10H,1-3H3;12*1-2H3. The summed E-state index contributed by atoms with van der Waals surface area (Å²) in [6, 6.07) is 37.0. The Morgan fingerprint density at radius 2 is 0.439 bits per heavy atom. The van der Waals surface area contributed by atoms with Gasteiger partial charge in [0.1, 0.15) is 49.1 Å². The van der Waals surface area contributed by atoms with Crippen LogP contribution in [0.4, 0.5) is 103 Å². The molecule has 11 aromatic heterocycles. The first-order valence-corrected chi connectivity index (χ1v) is 48.3. The SMILES string of the molecule is CC.CC.CC.CC.CC.CC.CC.CC.CC.CC.CC.CC.Cc1ccccc1N1c2ncccc2N(C)C1C.Cc1ccncc1N1c2ncccc2N(C)C1C.Cc1cnccc1N1c2ncccc2N(C)C1C.Cc1cncnc1N1c2cnccc2N(C)C1C.Cc1ncccc1N1c2ncccc2N(C)C1C.Cc1nccnc1N1c2cnccc2N(C)C1C. The first-order chi connectivity index (χ1) is 64.2. The van der Waals surface area contributed by atoms with Gasteiger partial charge in [-0.05, 0) is 191 Å². The molecule has 6 unspecified atom stereocenters. The number of benzene rings is 1. The van der Waals surface area contributed by atoms with Crippen molar-refractivity contribution in [3.8, 4) is 0 Å². The van der Waals surface area contributed by atoms with Crippen molar-refractivity contribution < 1.29 is 0 Å². The highest BCUT2D eigenvalue weighted by Crippen LogP contribution is 2.48. The monoisotopic (exact) mass is 1800 g/mol. The fraction of sp³-hybridized carbons (Fsp3) is 0.449. The predicted molar refractivity (Wildman–Crippen MR) is 573 cm³/mol. The van der Waals surface area contributed by atoms with Crippen LogP contribution in [0.5, 0.6) is 0 Å². The molecule has 12 aromatic rings. The van der Waals surface area contributed by atoms with Crippen molar-refractivity contribution in [2.75, 3.05) is 101 Å². The molecule has 18 rings (SSSR count). The maximum Gasteiger partial charge on any atom is 0.158 e. The molecule has 6 aliphatic heterocycles. The van der Waals surface area contributed by atoms with Crippen LogP contribution >= 0.6 is 0 Å². The van der Waals surface area contributed by atoms with Crippen LogP contribution < -0.4 is 58.8 Å². The van der Waals surface area contributed by atoms with Gasteiger partial charge in [0.2, 0.25) is 0 Å². The second kappa shape index (κ2) is 62.6. The van der Waals surface area contributed by atoms with E-state index in [0.717, 1.165) is 91.5 Å². The molecular formula is C107H167N25. The third-order valence-corrected chi connectivity index (χ3v) is 21.3. The number of hydrogen-bond acceptors (Lipinski definition) is 25. The maximum atomic E-state index is 4.54. The number of anilines is 18. The summed E-state index contributed by atoms with van der Waals surface area (Å²) < 4.78 is 0. The number of para-hydroxylation sites is 1. The average Bonchev–Trinajstić information content (AvgIpc) is 1.66. The summed E-state index contributed by atoms with van der Waals surface area (Å²) in [6.45, 7) is 73.4. The third-order valence-electron chi connectivity index (χ3n) is 21.3. The first kappa shape index (κ1) is 117. The molecule has 0 spiro atoms. The lowest BCUT2D eigenvalue weighted by Crippen LogP contribution is -2.36. The quantitative estimate of drug-likeness (QED) is 0.152. The highest BCUT2D eigenvalue weighted by atomic mass is 15.5. The van der Waals surface area contributed by atoms with Gasteiger partial charge in [-0.2, -0.15) is 0 Å². The van der Waals surface area contributed by atoms with Gasteiger partial charge in [0, 0.05) is 134 Å². The molecule has 6 atom stereocenters. The van der Waals surface area contributed by atoms with E-state index in [0.29, 0.717) is 0 Å². The molecule has 0 bridgehead atoms. The van der Waals surface area contributed by atoms with Crippen molar-refractivity contribution in [1.29, 1.82) is 0 Å². The second-order valence-electron chi connectivity index (χ2n) is 27.5. The minimum atomic E-state index is 0.208. The number of fused-ring (bicyclic) bond motifs is 6. The van der Waals surface area contributed by atoms with Crippen molar-refractivity contribution in [1.82, 2.24) is 64.8 Å². The van der Waals surface area contributed by atoms with E-state index in [2.05, 4.69) is 283 Å². The number of hydrogen-bond donors (Lipinski definition) is 0. The fourth-order valence-electron chi connectivity index (χ4n) is 14.6. The highest BCUT2D eigenvalue weighted by Gasteiger charge is 2.39. The minimum absolute atomic E-state index is 0.208. The number of aryl methyl sites for hydroxylation is 6. The molecule has 0 aliphatic carbocycles. The normalized spacial score (nSPS) is 15.3. The first-order valence-electron chi connectivity index (χ1n) is 48.3. The van der Waals surface area contributed by atoms with Crippen LogP contribution in [0.25, 0.3) is 0 Å². The van der Waals surface area contributed by atoms with Gasteiger partial charge in [-0.25, -0.2) is 34.9 Å². The Kier molecular flexibility index (Phi) is 55.6. The van der Waals surface area contributed by atoms with E-state index in [4.69, 9.17) is 0 Å². The lowest BCUT2D eigenvalue weighted by atomic mass is 10.2. The van der Waals surface area contributed by atoms with Crippen molar-refractivity contribution in [3.05, 3.63) is 248 Å². The fourth-order valence-corrected chi connectivity index (χ4v) is 14.6. The summed E-state index contributed by atoms with van der Waals surface area (Å²) in [5.41, 5.74) is 20.5. The summed E-state index contributed by atoms with van der Waals surface area (Å²) >= 11 is 0. The molecule has 720 valence electrons. The highest BCUT2D eigenvalue weighted by molar-refractivity contribution is 5.87. The maximum absolute atomic E-state index is 4.54. The molecule has 25 heteroatoms. The van der Waals surface area contributed by atoms with E-state index in [-0.39, 0.29) is 37.0 Å². The molecule has 25 nitrogen and oxygen atoms in total. The van der Waals surface area contributed by atoms with Crippen LogP contribution in [0.15, 0.2) is 215 Å². The summed E-state index contributed by atoms with van der Waals surface area (Å²) in [7, 11) is 12.6. The Hall–Kier alpha value is -12.7. The van der Waals surface area contributed by atoms with Crippen LogP contribution in [0, 0.1) is 41.5 Å². The number of aromatic nitrogens is 13. The van der Waals surface area contributed by atoms with Crippen molar-refractivity contribution in [2.24, 2.45) is 0 Å².